The highest BCUT2D eigenvalue weighted by atomic mass is 32.1. The second kappa shape index (κ2) is 10.0. The minimum Gasteiger partial charge on any atom is -0.497 e. The van der Waals surface area contributed by atoms with Crippen molar-refractivity contribution in [3.8, 4) is 17.0 Å². The van der Waals surface area contributed by atoms with E-state index in [0.717, 1.165) is 11.3 Å². The predicted octanol–water partition coefficient (Wildman–Crippen LogP) is 4.56. The van der Waals surface area contributed by atoms with Gasteiger partial charge in [-0.05, 0) is 24.1 Å². The highest BCUT2D eigenvalue weighted by molar-refractivity contribution is 7.14. The van der Waals surface area contributed by atoms with Gasteiger partial charge < -0.3 is 15.0 Å². The maximum atomic E-state index is 13.0. The molecule has 0 spiro atoms. The Morgan fingerprint density at radius 1 is 1.13 bits per heavy atom. The molecule has 3 rings (SSSR count). The standard InChI is InChI=1S/C23H25N3O3S/c1-16(2)13-26(22(28)18-10-7-11-19(12-18)29-3)14-21(27)25-23-24-20(15-30-23)17-8-5-4-6-9-17/h4-12,15-16H,13-14H2,1-3H3,(H,24,25,27). The monoisotopic (exact) mass is 423 g/mol. The van der Waals surface area contributed by atoms with Crippen LogP contribution in [0.2, 0.25) is 0 Å². The fourth-order valence-corrected chi connectivity index (χ4v) is 3.74. The Morgan fingerprint density at radius 2 is 1.90 bits per heavy atom. The van der Waals surface area contributed by atoms with E-state index in [1.807, 2.05) is 49.6 Å². The number of hydrogen-bond donors (Lipinski definition) is 1. The molecule has 2 aromatic carbocycles. The van der Waals surface area contributed by atoms with Gasteiger partial charge in [-0.2, -0.15) is 0 Å². The summed E-state index contributed by atoms with van der Waals surface area (Å²) in [5.74, 6) is 0.339. The molecule has 0 bridgehead atoms. The molecular weight excluding hydrogens is 398 g/mol. The van der Waals surface area contributed by atoms with Gasteiger partial charge in [-0.15, -0.1) is 11.3 Å². The van der Waals surface area contributed by atoms with Crippen LogP contribution in [0, 0.1) is 5.92 Å². The Labute approximate surface area is 180 Å². The van der Waals surface area contributed by atoms with Gasteiger partial charge in [0, 0.05) is 23.1 Å². The van der Waals surface area contributed by atoms with Gasteiger partial charge in [0.15, 0.2) is 5.13 Å². The van der Waals surface area contributed by atoms with Gasteiger partial charge in [-0.3, -0.25) is 9.59 Å². The Kier molecular flexibility index (Phi) is 7.19. The Bertz CT molecular complexity index is 1000. The van der Waals surface area contributed by atoms with E-state index in [1.165, 1.54) is 11.3 Å². The summed E-state index contributed by atoms with van der Waals surface area (Å²) in [5, 5.41) is 5.23. The minimum absolute atomic E-state index is 0.0471. The molecular formula is C23H25N3O3S. The van der Waals surface area contributed by atoms with Crippen molar-refractivity contribution in [2.75, 3.05) is 25.5 Å². The third kappa shape index (κ3) is 5.67. The van der Waals surface area contributed by atoms with Gasteiger partial charge >= 0.3 is 0 Å². The summed E-state index contributed by atoms with van der Waals surface area (Å²) < 4.78 is 5.21. The molecule has 6 nitrogen and oxygen atoms in total. The molecule has 156 valence electrons. The summed E-state index contributed by atoms with van der Waals surface area (Å²) >= 11 is 1.36. The van der Waals surface area contributed by atoms with E-state index >= 15 is 0 Å². The van der Waals surface area contributed by atoms with Crippen LogP contribution in [-0.2, 0) is 4.79 Å². The normalized spacial score (nSPS) is 10.7. The van der Waals surface area contributed by atoms with Crippen LogP contribution in [0.1, 0.15) is 24.2 Å². The van der Waals surface area contributed by atoms with E-state index in [4.69, 9.17) is 4.74 Å². The van der Waals surface area contributed by atoms with Gasteiger partial charge in [0.2, 0.25) is 5.91 Å². The van der Waals surface area contributed by atoms with E-state index in [9.17, 15) is 9.59 Å². The van der Waals surface area contributed by atoms with Crippen LogP contribution in [-0.4, -0.2) is 41.9 Å². The zero-order valence-electron chi connectivity index (χ0n) is 17.3. The molecule has 30 heavy (non-hydrogen) atoms. The summed E-state index contributed by atoms with van der Waals surface area (Å²) in [7, 11) is 1.56. The lowest BCUT2D eigenvalue weighted by atomic mass is 10.1. The second-order valence-corrected chi connectivity index (χ2v) is 8.12. The lowest BCUT2D eigenvalue weighted by Crippen LogP contribution is -2.40. The number of anilines is 1. The SMILES string of the molecule is COc1cccc(C(=O)N(CC(=O)Nc2nc(-c3ccccc3)cs2)CC(C)C)c1. The number of methoxy groups -OCH3 is 1. The van der Waals surface area contributed by atoms with Gasteiger partial charge in [0.05, 0.1) is 12.8 Å². The van der Waals surface area contributed by atoms with E-state index in [0.29, 0.717) is 23.0 Å². The molecule has 0 unspecified atom stereocenters. The van der Waals surface area contributed by atoms with Gasteiger partial charge in [0.25, 0.3) is 5.91 Å². The zero-order valence-corrected chi connectivity index (χ0v) is 18.1. The number of ether oxygens (including phenoxy) is 1. The lowest BCUT2D eigenvalue weighted by Gasteiger charge is -2.24. The molecule has 1 N–H and O–H groups in total. The fraction of sp³-hybridized carbons (Fsp3) is 0.261. The molecule has 0 aliphatic heterocycles. The first-order valence-electron chi connectivity index (χ1n) is 9.70. The number of hydrogen-bond acceptors (Lipinski definition) is 5. The maximum absolute atomic E-state index is 13.0. The topological polar surface area (TPSA) is 71.5 Å². The summed E-state index contributed by atoms with van der Waals surface area (Å²) in [6.45, 7) is 4.44. The van der Waals surface area contributed by atoms with Crippen molar-refractivity contribution in [2.45, 2.75) is 13.8 Å². The molecule has 2 amide bonds. The molecule has 0 saturated heterocycles. The number of benzene rings is 2. The molecule has 0 saturated carbocycles. The average molecular weight is 424 g/mol. The molecule has 1 heterocycles. The summed E-state index contributed by atoms with van der Waals surface area (Å²) in [6, 6.07) is 16.7. The van der Waals surface area contributed by atoms with Crippen LogP contribution < -0.4 is 10.1 Å². The van der Waals surface area contributed by atoms with Crippen molar-refractivity contribution in [1.82, 2.24) is 9.88 Å². The number of carbonyl (C=O) groups is 2. The Morgan fingerprint density at radius 3 is 2.60 bits per heavy atom. The summed E-state index contributed by atoms with van der Waals surface area (Å²) in [5.41, 5.74) is 2.29. The smallest absolute Gasteiger partial charge is 0.254 e. The summed E-state index contributed by atoms with van der Waals surface area (Å²) in [4.78, 5) is 31.7. The number of carbonyl (C=O) groups excluding carboxylic acids is 2. The van der Waals surface area contributed by atoms with Crippen LogP contribution >= 0.6 is 11.3 Å². The molecule has 1 aromatic heterocycles. The zero-order chi connectivity index (χ0) is 21.5. The summed E-state index contributed by atoms with van der Waals surface area (Å²) in [6.07, 6.45) is 0. The van der Waals surface area contributed by atoms with E-state index in [2.05, 4.69) is 10.3 Å². The quantitative estimate of drug-likeness (QED) is 0.577. The van der Waals surface area contributed by atoms with Gasteiger partial charge in [-0.25, -0.2) is 4.98 Å². The van der Waals surface area contributed by atoms with Crippen molar-refractivity contribution in [3.05, 3.63) is 65.5 Å². The van der Waals surface area contributed by atoms with Crippen molar-refractivity contribution < 1.29 is 14.3 Å². The third-order valence-electron chi connectivity index (χ3n) is 4.34. The lowest BCUT2D eigenvalue weighted by molar-refractivity contribution is -0.117. The van der Waals surface area contributed by atoms with Crippen molar-refractivity contribution >= 4 is 28.3 Å². The minimum atomic E-state index is -0.277. The molecule has 0 radical (unpaired) electrons. The second-order valence-electron chi connectivity index (χ2n) is 7.26. The highest BCUT2D eigenvalue weighted by Gasteiger charge is 2.21. The largest absolute Gasteiger partial charge is 0.497 e. The predicted molar refractivity (Wildman–Crippen MR) is 120 cm³/mol. The highest BCUT2D eigenvalue weighted by Crippen LogP contribution is 2.24. The van der Waals surface area contributed by atoms with Crippen LogP contribution in [0.5, 0.6) is 5.75 Å². The molecule has 3 aromatic rings. The maximum Gasteiger partial charge on any atom is 0.254 e. The van der Waals surface area contributed by atoms with Crippen LogP contribution in [0.4, 0.5) is 5.13 Å². The first-order valence-corrected chi connectivity index (χ1v) is 10.6. The van der Waals surface area contributed by atoms with Gasteiger partial charge in [0.1, 0.15) is 12.3 Å². The molecule has 0 aliphatic carbocycles. The average Bonchev–Trinajstić information content (AvgIpc) is 3.21. The van der Waals surface area contributed by atoms with Crippen LogP contribution in [0.25, 0.3) is 11.3 Å². The number of aromatic nitrogens is 1. The van der Waals surface area contributed by atoms with E-state index in [1.54, 1.807) is 36.3 Å². The number of amides is 2. The number of thiazole rings is 1. The van der Waals surface area contributed by atoms with Crippen LogP contribution in [0.15, 0.2) is 60.0 Å². The molecule has 0 aliphatic rings. The molecule has 7 heteroatoms. The van der Waals surface area contributed by atoms with Crippen LogP contribution in [0.3, 0.4) is 0 Å². The number of rotatable bonds is 8. The van der Waals surface area contributed by atoms with Crippen molar-refractivity contribution in [1.29, 1.82) is 0 Å². The number of nitrogens with zero attached hydrogens (tertiary/aromatic N) is 2. The van der Waals surface area contributed by atoms with Gasteiger partial charge in [-0.1, -0.05) is 50.2 Å². The Hall–Kier alpha value is -3.19. The number of nitrogens with one attached hydrogen (secondary N) is 1. The van der Waals surface area contributed by atoms with Crippen molar-refractivity contribution in [2.24, 2.45) is 5.92 Å². The fourth-order valence-electron chi connectivity index (χ4n) is 3.00. The van der Waals surface area contributed by atoms with E-state index < -0.39 is 0 Å². The van der Waals surface area contributed by atoms with E-state index in [-0.39, 0.29) is 24.3 Å². The molecule has 0 fully saturated rings. The Balaban J connectivity index is 1.69. The molecule has 0 atom stereocenters. The first-order chi connectivity index (χ1) is 14.5. The van der Waals surface area contributed by atoms with Crippen molar-refractivity contribution in [3.63, 3.8) is 0 Å². The third-order valence-corrected chi connectivity index (χ3v) is 5.10. The first kappa shape index (κ1) is 21.5.